The first-order valence-corrected chi connectivity index (χ1v) is 10.8. The van der Waals surface area contributed by atoms with E-state index in [2.05, 4.69) is 19.7 Å². The topological polar surface area (TPSA) is 79.4 Å². The first-order valence-electron chi connectivity index (χ1n) is 10.8. The number of likely N-dealkylation sites (tertiary alicyclic amines) is 1. The van der Waals surface area contributed by atoms with Crippen LogP contribution in [0.4, 0.5) is 0 Å². The van der Waals surface area contributed by atoms with Crippen molar-refractivity contribution in [1.29, 1.82) is 0 Å². The van der Waals surface area contributed by atoms with Crippen LogP contribution in [0, 0.1) is 0 Å². The first-order chi connectivity index (χ1) is 14.9. The molecular weight excluding hydrogens is 398 g/mol. The minimum Gasteiger partial charge on any atom is -0.378 e. The van der Waals surface area contributed by atoms with Gasteiger partial charge in [0.1, 0.15) is 0 Å². The molecule has 3 aliphatic rings. The van der Waals surface area contributed by atoms with Crippen molar-refractivity contribution in [2.45, 2.75) is 32.6 Å². The van der Waals surface area contributed by atoms with E-state index in [-0.39, 0.29) is 17.7 Å². The molecule has 3 saturated heterocycles. The molecule has 3 aliphatic heterocycles. The van der Waals surface area contributed by atoms with Gasteiger partial charge in [-0.15, -0.1) is 0 Å². The zero-order valence-electron chi connectivity index (χ0n) is 18.9. The number of amides is 3. The van der Waals surface area contributed by atoms with Gasteiger partial charge < -0.3 is 24.2 Å². The highest BCUT2D eigenvalue weighted by Crippen LogP contribution is 2.10. The summed E-state index contributed by atoms with van der Waals surface area (Å²) >= 11 is 0. The maximum atomic E-state index is 11.3. The molecule has 0 atom stereocenters. The second kappa shape index (κ2) is 15.4. The number of rotatable bonds is 3. The van der Waals surface area contributed by atoms with E-state index in [0.29, 0.717) is 64.6 Å². The summed E-state index contributed by atoms with van der Waals surface area (Å²) in [5.41, 5.74) is 0.604. The molecule has 174 valence electrons. The van der Waals surface area contributed by atoms with E-state index in [1.165, 1.54) is 12.5 Å². The van der Waals surface area contributed by atoms with Crippen molar-refractivity contribution >= 4 is 17.7 Å². The number of hydrogen-bond acceptors (Lipinski definition) is 5. The van der Waals surface area contributed by atoms with Crippen LogP contribution in [0.2, 0.25) is 0 Å². The molecule has 3 amide bonds. The van der Waals surface area contributed by atoms with Crippen molar-refractivity contribution in [3.8, 4) is 0 Å². The van der Waals surface area contributed by atoms with E-state index in [9.17, 15) is 14.4 Å². The van der Waals surface area contributed by atoms with Crippen LogP contribution in [-0.2, 0) is 23.9 Å². The molecule has 0 spiro atoms. The minimum atomic E-state index is 0.00306. The molecule has 3 rings (SSSR count). The first kappa shape index (κ1) is 26.6. The van der Waals surface area contributed by atoms with Gasteiger partial charge in [-0.05, 0) is 32.0 Å². The van der Waals surface area contributed by atoms with E-state index in [0.717, 1.165) is 19.4 Å². The summed E-state index contributed by atoms with van der Waals surface area (Å²) in [6.07, 6.45) is 7.02. The normalized spacial score (nSPS) is 19.0. The van der Waals surface area contributed by atoms with Gasteiger partial charge in [0.15, 0.2) is 0 Å². The second-order valence-corrected chi connectivity index (χ2v) is 7.41. The van der Waals surface area contributed by atoms with Gasteiger partial charge in [-0.25, -0.2) is 0 Å². The summed E-state index contributed by atoms with van der Waals surface area (Å²) in [4.78, 5) is 38.5. The summed E-state index contributed by atoms with van der Waals surface area (Å²) in [7, 11) is 0. The number of hydrogen-bond donors (Lipinski definition) is 0. The maximum absolute atomic E-state index is 11.3. The van der Waals surface area contributed by atoms with E-state index < -0.39 is 0 Å². The van der Waals surface area contributed by atoms with Crippen LogP contribution >= 0.6 is 0 Å². The molecule has 0 saturated carbocycles. The van der Waals surface area contributed by atoms with Gasteiger partial charge in [-0.3, -0.25) is 14.4 Å². The molecule has 8 heteroatoms. The molecule has 31 heavy (non-hydrogen) atoms. The molecule has 0 aliphatic carbocycles. The molecule has 0 bridgehead atoms. The quantitative estimate of drug-likeness (QED) is 0.634. The Morgan fingerprint density at radius 1 is 0.871 bits per heavy atom. The largest absolute Gasteiger partial charge is 0.378 e. The Balaban J connectivity index is 0.000000233. The summed E-state index contributed by atoms with van der Waals surface area (Å²) in [5, 5.41) is 0. The molecule has 0 aromatic carbocycles. The van der Waals surface area contributed by atoms with Crippen LogP contribution in [0.25, 0.3) is 0 Å². The zero-order chi connectivity index (χ0) is 23.1. The monoisotopic (exact) mass is 435 g/mol. The Hall–Kier alpha value is -2.45. The molecule has 0 aromatic heterocycles. The lowest BCUT2D eigenvalue weighted by Crippen LogP contribution is -2.40. The van der Waals surface area contributed by atoms with E-state index >= 15 is 0 Å². The lowest BCUT2D eigenvalue weighted by atomic mass is 10.2. The molecular formula is C23H37N3O5. The molecule has 3 heterocycles. The van der Waals surface area contributed by atoms with E-state index in [1.807, 2.05) is 0 Å². The van der Waals surface area contributed by atoms with E-state index in [4.69, 9.17) is 9.47 Å². The van der Waals surface area contributed by atoms with Crippen molar-refractivity contribution in [3.05, 3.63) is 37.6 Å². The number of nitrogens with zero attached hydrogens (tertiary/aromatic N) is 3. The van der Waals surface area contributed by atoms with Gasteiger partial charge in [0, 0.05) is 44.7 Å². The fourth-order valence-corrected chi connectivity index (χ4v) is 3.15. The smallest absolute Gasteiger partial charge is 0.249 e. The highest BCUT2D eigenvalue weighted by molar-refractivity contribution is 5.92. The Kier molecular flexibility index (Phi) is 13.2. The Morgan fingerprint density at radius 3 is 1.90 bits per heavy atom. The Labute approximate surface area is 186 Å². The van der Waals surface area contributed by atoms with Gasteiger partial charge >= 0.3 is 0 Å². The third-order valence-corrected chi connectivity index (χ3v) is 4.99. The highest BCUT2D eigenvalue weighted by Gasteiger charge is 2.16. The van der Waals surface area contributed by atoms with Gasteiger partial charge in [-0.1, -0.05) is 26.2 Å². The molecule has 3 fully saturated rings. The number of carbonyl (C=O) groups is 3. The Bertz CT molecular complexity index is 623. The lowest BCUT2D eigenvalue weighted by molar-refractivity contribution is -0.131. The fourth-order valence-electron chi connectivity index (χ4n) is 3.15. The van der Waals surface area contributed by atoms with Crippen molar-refractivity contribution in [3.63, 3.8) is 0 Å². The summed E-state index contributed by atoms with van der Waals surface area (Å²) in [6.45, 7) is 18.6. The summed E-state index contributed by atoms with van der Waals surface area (Å²) in [5.74, 6) is 0.282. The summed E-state index contributed by atoms with van der Waals surface area (Å²) in [6, 6.07) is 0. The predicted octanol–water partition coefficient (Wildman–Crippen LogP) is 1.99. The van der Waals surface area contributed by atoms with Gasteiger partial charge in [0.2, 0.25) is 17.7 Å². The van der Waals surface area contributed by atoms with Crippen LogP contribution < -0.4 is 0 Å². The Morgan fingerprint density at radius 2 is 1.42 bits per heavy atom. The molecule has 0 radical (unpaired) electrons. The average Bonchev–Trinajstić information content (AvgIpc) is 3.03. The third kappa shape index (κ3) is 10.4. The van der Waals surface area contributed by atoms with Crippen molar-refractivity contribution in [1.82, 2.24) is 14.7 Å². The van der Waals surface area contributed by atoms with Gasteiger partial charge in [-0.2, -0.15) is 0 Å². The highest BCUT2D eigenvalue weighted by atomic mass is 16.5. The molecule has 0 unspecified atom stereocenters. The zero-order valence-corrected chi connectivity index (χ0v) is 18.9. The van der Waals surface area contributed by atoms with Crippen LogP contribution in [0.1, 0.15) is 32.6 Å². The number of morpholine rings is 2. The van der Waals surface area contributed by atoms with Crippen LogP contribution in [0.5, 0.6) is 0 Å². The third-order valence-electron chi connectivity index (χ3n) is 4.99. The van der Waals surface area contributed by atoms with Crippen molar-refractivity contribution in [2.75, 3.05) is 59.2 Å². The predicted molar refractivity (Wildman–Crippen MR) is 120 cm³/mol. The molecule has 8 nitrogen and oxygen atoms in total. The SMILES string of the molecule is C=C(C)C(=O)N1CCOCC1.C=CC(=O)N1CCOCC1.C=CN1CCCCCC1=O. The number of ether oxygens (including phenoxy) is 2. The van der Waals surface area contributed by atoms with Gasteiger partial charge in [0.25, 0.3) is 0 Å². The fraction of sp³-hybridized carbons (Fsp3) is 0.609. The minimum absolute atomic E-state index is 0.00306. The molecule has 0 aromatic rings. The van der Waals surface area contributed by atoms with Crippen LogP contribution in [0.3, 0.4) is 0 Å². The van der Waals surface area contributed by atoms with Crippen LogP contribution in [0.15, 0.2) is 37.6 Å². The van der Waals surface area contributed by atoms with Gasteiger partial charge in [0.05, 0.1) is 26.4 Å². The summed E-state index contributed by atoms with van der Waals surface area (Å²) < 4.78 is 10.2. The van der Waals surface area contributed by atoms with Crippen LogP contribution in [-0.4, -0.2) is 91.6 Å². The van der Waals surface area contributed by atoms with Crippen molar-refractivity contribution in [2.24, 2.45) is 0 Å². The number of carbonyl (C=O) groups excluding carboxylic acids is 3. The van der Waals surface area contributed by atoms with Crippen molar-refractivity contribution < 1.29 is 23.9 Å². The lowest BCUT2D eigenvalue weighted by Gasteiger charge is -2.26. The molecule has 0 N–H and O–H groups in total. The average molecular weight is 436 g/mol. The standard InChI is InChI=1S/C8H13NO2.C8H13NO.C7H11NO2/c1-7(2)8(10)9-3-5-11-6-4-9;1-2-9-7-5-3-4-6-8(9)10;1-2-7(9)8-3-5-10-6-4-8/h1,3-6H2,2H3;2H,1,3-7H2;2H,1,3-6H2. The van der Waals surface area contributed by atoms with E-state index in [1.54, 1.807) is 27.8 Å². The second-order valence-electron chi connectivity index (χ2n) is 7.41. The maximum Gasteiger partial charge on any atom is 0.249 e.